The highest BCUT2D eigenvalue weighted by atomic mass is 35.5. The average molecular weight is 621 g/mol. The maximum Gasteiger partial charge on any atom is 0.264 e. The molecule has 0 saturated carbocycles. The van der Waals surface area contributed by atoms with Crippen molar-refractivity contribution >= 4 is 50.7 Å². The Balaban J connectivity index is 2.08. The van der Waals surface area contributed by atoms with Gasteiger partial charge in [0.2, 0.25) is 11.8 Å². The standard InChI is InChI=1S/C30H35Cl2N3O5S/c1-5-27(30(37)33-18-21(2)3)34(19-22-10-9-11-24(16-22)40-4)29(36)20-35(28-15-14-23(31)17-26(28)32)41(38,39)25-12-7-6-8-13-25/h6-17,21,27H,5,18-20H2,1-4H3,(H,33,37)/t27-/m1/s1. The van der Waals surface area contributed by atoms with Crippen LogP contribution in [0, 0.1) is 5.92 Å². The van der Waals surface area contributed by atoms with E-state index < -0.39 is 28.5 Å². The van der Waals surface area contributed by atoms with Crippen molar-refractivity contribution in [1.29, 1.82) is 0 Å². The first-order valence-corrected chi connectivity index (χ1v) is 15.4. The zero-order chi connectivity index (χ0) is 30.2. The van der Waals surface area contributed by atoms with E-state index in [1.165, 1.54) is 35.2 Å². The smallest absolute Gasteiger partial charge is 0.264 e. The third kappa shape index (κ3) is 8.38. The molecule has 0 aromatic heterocycles. The van der Waals surface area contributed by atoms with Crippen LogP contribution in [0.2, 0.25) is 10.0 Å². The molecule has 0 aliphatic rings. The molecule has 0 aliphatic carbocycles. The lowest BCUT2D eigenvalue weighted by Gasteiger charge is -2.33. The second-order valence-corrected chi connectivity index (χ2v) is 12.6. The van der Waals surface area contributed by atoms with Gasteiger partial charge < -0.3 is 15.0 Å². The Morgan fingerprint density at radius 1 is 0.976 bits per heavy atom. The Labute approximate surface area is 252 Å². The Hall–Kier alpha value is -3.27. The van der Waals surface area contributed by atoms with Gasteiger partial charge in [0.05, 0.1) is 22.7 Å². The molecule has 11 heteroatoms. The van der Waals surface area contributed by atoms with Crippen LogP contribution >= 0.6 is 23.2 Å². The van der Waals surface area contributed by atoms with Crippen molar-refractivity contribution in [2.75, 3.05) is 24.5 Å². The van der Waals surface area contributed by atoms with Gasteiger partial charge >= 0.3 is 0 Å². The van der Waals surface area contributed by atoms with Crippen LogP contribution in [-0.2, 0) is 26.2 Å². The van der Waals surface area contributed by atoms with Crippen molar-refractivity contribution in [2.24, 2.45) is 5.92 Å². The molecule has 41 heavy (non-hydrogen) atoms. The fraction of sp³-hybridized carbons (Fsp3) is 0.333. The van der Waals surface area contributed by atoms with Gasteiger partial charge in [-0.2, -0.15) is 0 Å². The minimum atomic E-state index is -4.24. The first-order valence-electron chi connectivity index (χ1n) is 13.2. The number of anilines is 1. The number of nitrogens with zero attached hydrogens (tertiary/aromatic N) is 2. The summed E-state index contributed by atoms with van der Waals surface area (Å²) < 4.78 is 34.1. The normalized spacial score (nSPS) is 12.1. The molecule has 1 atom stereocenters. The quantitative estimate of drug-likeness (QED) is 0.262. The Morgan fingerprint density at radius 3 is 2.29 bits per heavy atom. The molecule has 0 spiro atoms. The van der Waals surface area contributed by atoms with Gasteiger partial charge in [-0.25, -0.2) is 8.42 Å². The second kappa shape index (κ2) is 14.6. The van der Waals surface area contributed by atoms with E-state index in [1.54, 1.807) is 50.4 Å². The second-order valence-electron chi connectivity index (χ2n) is 9.86. The zero-order valence-corrected chi connectivity index (χ0v) is 25.8. The molecule has 0 saturated heterocycles. The van der Waals surface area contributed by atoms with Crippen molar-refractivity contribution in [3.63, 3.8) is 0 Å². The van der Waals surface area contributed by atoms with E-state index in [1.807, 2.05) is 19.9 Å². The lowest BCUT2D eigenvalue weighted by Crippen LogP contribution is -2.52. The van der Waals surface area contributed by atoms with E-state index in [9.17, 15) is 18.0 Å². The van der Waals surface area contributed by atoms with Gasteiger partial charge in [0.15, 0.2) is 0 Å². The maximum atomic E-state index is 14.1. The van der Waals surface area contributed by atoms with Gasteiger partial charge in [-0.05, 0) is 60.4 Å². The Bertz CT molecular complexity index is 1450. The predicted octanol–water partition coefficient (Wildman–Crippen LogP) is 5.78. The van der Waals surface area contributed by atoms with Crippen LogP contribution in [0.1, 0.15) is 32.8 Å². The molecule has 0 fully saturated rings. The minimum Gasteiger partial charge on any atom is -0.497 e. The summed E-state index contributed by atoms with van der Waals surface area (Å²) in [7, 11) is -2.70. The molecule has 3 aromatic carbocycles. The SMILES string of the molecule is CC[C@H](C(=O)NCC(C)C)N(Cc1cccc(OC)c1)C(=O)CN(c1ccc(Cl)cc1Cl)S(=O)(=O)c1ccccc1. The molecule has 0 bridgehead atoms. The first kappa shape index (κ1) is 32.2. The third-order valence-corrected chi connectivity index (χ3v) is 8.66. The Morgan fingerprint density at radius 2 is 1.68 bits per heavy atom. The first-order chi connectivity index (χ1) is 19.5. The fourth-order valence-electron chi connectivity index (χ4n) is 4.23. The van der Waals surface area contributed by atoms with Crippen LogP contribution in [0.25, 0.3) is 0 Å². The molecule has 3 aromatic rings. The molecule has 8 nitrogen and oxygen atoms in total. The van der Waals surface area contributed by atoms with E-state index in [0.29, 0.717) is 23.7 Å². The molecule has 2 amide bonds. The number of halogens is 2. The number of ether oxygens (including phenoxy) is 1. The number of sulfonamides is 1. The minimum absolute atomic E-state index is 0.0140. The van der Waals surface area contributed by atoms with Crippen LogP contribution < -0.4 is 14.4 Å². The van der Waals surface area contributed by atoms with Crippen LogP contribution in [0.15, 0.2) is 77.7 Å². The van der Waals surface area contributed by atoms with Crippen molar-refractivity contribution in [1.82, 2.24) is 10.2 Å². The lowest BCUT2D eigenvalue weighted by atomic mass is 10.1. The van der Waals surface area contributed by atoms with E-state index in [2.05, 4.69) is 5.32 Å². The highest BCUT2D eigenvalue weighted by molar-refractivity contribution is 7.92. The highest BCUT2D eigenvalue weighted by Gasteiger charge is 2.34. The average Bonchev–Trinajstić information content (AvgIpc) is 2.95. The van der Waals surface area contributed by atoms with Crippen molar-refractivity contribution in [3.8, 4) is 5.75 Å². The fourth-order valence-corrected chi connectivity index (χ4v) is 6.24. The van der Waals surface area contributed by atoms with Crippen molar-refractivity contribution < 1.29 is 22.7 Å². The summed E-state index contributed by atoms with van der Waals surface area (Å²) in [5, 5.41) is 3.28. The number of hydrogen-bond donors (Lipinski definition) is 1. The molecule has 1 N–H and O–H groups in total. The van der Waals surface area contributed by atoms with Crippen LogP contribution in [0.5, 0.6) is 5.75 Å². The van der Waals surface area contributed by atoms with Crippen molar-refractivity contribution in [2.45, 2.75) is 44.7 Å². The van der Waals surface area contributed by atoms with Gasteiger partial charge in [-0.3, -0.25) is 13.9 Å². The van der Waals surface area contributed by atoms with Crippen LogP contribution in [0.4, 0.5) is 5.69 Å². The summed E-state index contributed by atoms with van der Waals surface area (Å²) in [5.74, 6) is -0.102. The number of nitrogens with one attached hydrogen (secondary N) is 1. The van der Waals surface area contributed by atoms with Gasteiger partial charge in [-0.15, -0.1) is 0 Å². The maximum absolute atomic E-state index is 14.1. The number of benzene rings is 3. The van der Waals surface area contributed by atoms with Crippen molar-refractivity contribution in [3.05, 3.63) is 88.4 Å². The summed E-state index contributed by atoms with van der Waals surface area (Å²) in [5.41, 5.74) is 0.807. The molecular weight excluding hydrogens is 585 g/mol. The number of carbonyl (C=O) groups is 2. The lowest BCUT2D eigenvalue weighted by molar-refractivity contribution is -0.140. The van der Waals surface area contributed by atoms with Gasteiger partial charge in [0.25, 0.3) is 10.0 Å². The zero-order valence-electron chi connectivity index (χ0n) is 23.5. The predicted molar refractivity (Wildman–Crippen MR) is 163 cm³/mol. The van der Waals surface area contributed by atoms with Crippen LogP contribution in [-0.4, -0.2) is 51.4 Å². The summed E-state index contributed by atoms with van der Waals surface area (Å²) in [4.78, 5) is 28.8. The molecule has 0 aliphatic heterocycles. The number of amides is 2. The van der Waals surface area contributed by atoms with Crippen LogP contribution in [0.3, 0.4) is 0 Å². The summed E-state index contributed by atoms with van der Waals surface area (Å²) in [6, 6.07) is 18.4. The largest absolute Gasteiger partial charge is 0.497 e. The number of carbonyl (C=O) groups excluding carboxylic acids is 2. The van der Waals surface area contributed by atoms with Gasteiger partial charge in [-0.1, -0.05) is 74.3 Å². The van der Waals surface area contributed by atoms with E-state index >= 15 is 0 Å². The molecular formula is C30H35Cl2N3O5S. The summed E-state index contributed by atoms with van der Waals surface area (Å²) in [6.07, 6.45) is 0.312. The number of methoxy groups -OCH3 is 1. The summed E-state index contributed by atoms with van der Waals surface area (Å²) >= 11 is 12.6. The third-order valence-electron chi connectivity index (χ3n) is 6.35. The molecule has 0 heterocycles. The summed E-state index contributed by atoms with van der Waals surface area (Å²) in [6.45, 7) is 5.64. The molecule has 3 rings (SSSR count). The van der Waals surface area contributed by atoms with Gasteiger partial charge in [0, 0.05) is 18.1 Å². The molecule has 0 radical (unpaired) electrons. The van der Waals surface area contributed by atoms with Gasteiger partial charge in [0.1, 0.15) is 18.3 Å². The number of rotatable bonds is 13. The monoisotopic (exact) mass is 619 g/mol. The highest BCUT2D eigenvalue weighted by Crippen LogP contribution is 2.33. The van der Waals surface area contributed by atoms with E-state index in [-0.39, 0.29) is 34.0 Å². The number of hydrogen-bond acceptors (Lipinski definition) is 5. The topological polar surface area (TPSA) is 96.0 Å². The van der Waals surface area contributed by atoms with E-state index in [0.717, 1.165) is 9.87 Å². The molecule has 220 valence electrons. The van der Waals surface area contributed by atoms with E-state index in [4.69, 9.17) is 27.9 Å². The Kier molecular flexibility index (Phi) is 11.5. The molecule has 0 unspecified atom stereocenters.